The van der Waals surface area contributed by atoms with Crippen molar-refractivity contribution in [2.45, 2.75) is 38.5 Å². The minimum Gasteiger partial charge on any atom is -0.356 e. The molecule has 2 aliphatic heterocycles. The molecule has 0 aliphatic carbocycles. The molecule has 0 spiro atoms. The molecule has 0 radical (unpaired) electrons. The van der Waals surface area contributed by atoms with Crippen LogP contribution in [0.4, 0.5) is 0 Å². The van der Waals surface area contributed by atoms with Crippen LogP contribution in [0.25, 0.3) is 0 Å². The van der Waals surface area contributed by atoms with Crippen LogP contribution in [-0.4, -0.2) is 29.2 Å². The summed E-state index contributed by atoms with van der Waals surface area (Å²) < 4.78 is 5.47. The number of fused-ring (bicyclic) bond motifs is 1. The van der Waals surface area contributed by atoms with Crippen LogP contribution in [0.5, 0.6) is 0 Å². The van der Waals surface area contributed by atoms with Crippen LogP contribution in [-0.2, 0) is 9.53 Å². The Balaban J connectivity index is 2.17. The SMILES string of the molecule is CC1(C)OCCC2CC(=O)N21. The lowest BCUT2D eigenvalue weighted by molar-refractivity contribution is -0.218. The zero-order chi connectivity index (χ0) is 8.06. The van der Waals surface area contributed by atoms with Crippen LogP contribution in [0, 0.1) is 0 Å². The largest absolute Gasteiger partial charge is 0.356 e. The van der Waals surface area contributed by atoms with E-state index in [1.165, 1.54) is 0 Å². The van der Waals surface area contributed by atoms with E-state index in [1.807, 2.05) is 18.7 Å². The van der Waals surface area contributed by atoms with E-state index in [0.29, 0.717) is 6.04 Å². The van der Waals surface area contributed by atoms with Crippen LogP contribution in [0.15, 0.2) is 0 Å². The highest BCUT2D eigenvalue weighted by Gasteiger charge is 2.48. The van der Waals surface area contributed by atoms with Gasteiger partial charge in [-0.2, -0.15) is 0 Å². The van der Waals surface area contributed by atoms with Gasteiger partial charge in [-0.05, 0) is 20.3 Å². The molecular formula is C8H13NO2. The fourth-order valence-corrected chi connectivity index (χ4v) is 1.97. The number of hydrogen-bond acceptors (Lipinski definition) is 2. The third kappa shape index (κ3) is 0.872. The Morgan fingerprint density at radius 3 is 2.82 bits per heavy atom. The summed E-state index contributed by atoms with van der Waals surface area (Å²) in [4.78, 5) is 13.0. The first kappa shape index (κ1) is 7.10. The normalized spacial score (nSPS) is 34.5. The zero-order valence-electron chi connectivity index (χ0n) is 6.96. The molecule has 0 N–H and O–H groups in total. The van der Waals surface area contributed by atoms with Gasteiger partial charge in [0.05, 0.1) is 6.61 Å². The molecule has 1 atom stereocenters. The number of ether oxygens (including phenoxy) is 1. The van der Waals surface area contributed by atoms with E-state index in [1.54, 1.807) is 0 Å². The lowest BCUT2D eigenvalue weighted by Gasteiger charge is -2.53. The number of carbonyl (C=O) groups is 1. The second-order valence-corrected chi connectivity index (χ2v) is 3.71. The van der Waals surface area contributed by atoms with E-state index in [9.17, 15) is 4.79 Å². The number of amides is 1. The van der Waals surface area contributed by atoms with E-state index in [0.717, 1.165) is 19.4 Å². The van der Waals surface area contributed by atoms with Gasteiger partial charge in [-0.1, -0.05) is 0 Å². The first-order chi connectivity index (χ1) is 5.11. The van der Waals surface area contributed by atoms with Gasteiger partial charge in [0.25, 0.3) is 0 Å². The summed E-state index contributed by atoms with van der Waals surface area (Å²) in [5.74, 6) is 0.236. The first-order valence-electron chi connectivity index (χ1n) is 4.07. The van der Waals surface area contributed by atoms with Crippen molar-refractivity contribution in [1.82, 2.24) is 4.90 Å². The molecule has 11 heavy (non-hydrogen) atoms. The Bertz CT molecular complexity index is 200. The van der Waals surface area contributed by atoms with Crippen molar-refractivity contribution in [3.8, 4) is 0 Å². The minimum atomic E-state index is -0.349. The van der Waals surface area contributed by atoms with Gasteiger partial charge in [0.15, 0.2) is 0 Å². The summed E-state index contributed by atoms with van der Waals surface area (Å²) in [6, 6.07) is 0.464. The van der Waals surface area contributed by atoms with Crippen molar-refractivity contribution in [3.05, 3.63) is 0 Å². The van der Waals surface area contributed by atoms with Crippen LogP contribution in [0.2, 0.25) is 0 Å². The predicted molar refractivity (Wildman–Crippen MR) is 39.9 cm³/mol. The molecule has 2 saturated heterocycles. The van der Waals surface area contributed by atoms with Gasteiger partial charge >= 0.3 is 0 Å². The standard InChI is InChI=1S/C8H13NO2/c1-8(2)9-6(3-4-11-8)5-7(9)10/h6H,3-5H2,1-2H3. The average molecular weight is 155 g/mol. The third-order valence-corrected chi connectivity index (χ3v) is 2.53. The first-order valence-corrected chi connectivity index (χ1v) is 4.07. The molecule has 0 aromatic rings. The molecule has 3 heteroatoms. The second-order valence-electron chi connectivity index (χ2n) is 3.71. The summed E-state index contributed by atoms with van der Waals surface area (Å²) in [7, 11) is 0. The molecule has 0 aromatic carbocycles. The van der Waals surface area contributed by atoms with Gasteiger partial charge in [-0.3, -0.25) is 4.79 Å². The molecule has 0 aromatic heterocycles. The van der Waals surface area contributed by atoms with E-state index in [2.05, 4.69) is 0 Å². The third-order valence-electron chi connectivity index (χ3n) is 2.53. The maximum atomic E-state index is 11.1. The zero-order valence-corrected chi connectivity index (χ0v) is 6.96. The molecule has 0 bridgehead atoms. The molecule has 2 fully saturated rings. The van der Waals surface area contributed by atoms with E-state index >= 15 is 0 Å². The quantitative estimate of drug-likeness (QED) is 0.483. The molecule has 2 rings (SSSR count). The Hall–Kier alpha value is -0.570. The smallest absolute Gasteiger partial charge is 0.227 e. The van der Waals surface area contributed by atoms with Gasteiger partial charge in [-0.25, -0.2) is 0 Å². The molecule has 0 saturated carbocycles. The summed E-state index contributed by atoms with van der Waals surface area (Å²) in [6.07, 6.45) is 1.74. The van der Waals surface area contributed by atoms with Crippen LogP contribution >= 0.6 is 0 Å². The fourth-order valence-electron chi connectivity index (χ4n) is 1.97. The van der Waals surface area contributed by atoms with Gasteiger partial charge in [0, 0.05) is 12.5 Å². The topological polar surface area (TPSA) is 29.5 Å². The Kier molecular flexibility index (Phi) is 1.27. The Labute approximate surface area is 66.3 Å². The number of β-lactam (4-membered cyclic amide) rings is 1. The highest BCUT2D eigenvalue weighted by Crippen LogP contribution is 2.35. The molecule has 1 amide bonds. The van der Waals surface area contributed by atoms with E-state index < -0.39 is 0 Å². The van der Waals surface area contributed by atoms with Crippen LogP contribution in [0.1, 0.15) is 26.7 Å². The molecule has 3 nitrogen and oxygen atoms in total. The van der Waals surface area contributed by atoms with Gasteiger partial charge in [-0.15, -0.1) is 0 Å². The molecular weight excluding hydrogens is 142 g/mol. The summed E-state index contributed by atoms with van der Waals surface area (Å²) >= 11 is 0. The fraction of sp³-hybridized carbons (Fsp3) is 0.875. The summed E-state index contributed by atoms with van der Waals surface area (Å²) in [6.45, 7) is 4.70. The van der Waals surface area contributed by atoms with Crippen molar-refractivity contribution < 1.29 is 9.53 Å². The number of rotatable bonds is 0. The highest BCUT2D eigenvalue weighted by molar-refractivity contribution is 5.83. The van der Waals surface area contributed by atoms with Gasteiger partial charge in [0.2, 0.25) is 5.91 Å². The Morgan fingerprint density at radius 1 is 1.64 bits per heavy atom. The summed E-state index contributed by atoms with van der Waals surface area (Å²) in [5, 5.41) is 0. The molecule has 62 valence electrons. The van der Waals surface area contributed by atoms with Crippen molar-refractivity contribution in [1.29, 1.82) is 0 Å². The number of hydrogen-bond donors (Lipinski definition) is 0. The van der Waals surface area contributed by atoms with Crippen molar-refractivity contribution in [2.24, 2.45) is 0 Å². The van der Waals surface area contributed by atoms with Crippen LogP contribution in [0.3, 0.4) is 0 Å². The highest BCUT2D eigenvalue weighted by atomic mass is 16.5. The minimum absolute atomic E-state index is 0.236. The van der Waals surface area contributed by atoms with Crippen LogP contribution < -0.4 is 0 Å². The van der Waals surface area contributed by atoms with Crippen molar-refractivity contribution in [2.75, 3.05) is 6.61 Å². The van der Waals surface area contributed by atoms with Gasteiger partial charge in [0.1, 0.15) is 5.72 Å². The monoisotopic (exact) mass is 155 g/mol. The second kappa shape index (κ2) is 1.97. The van der Waals surface area contributed by atoms with Gasteiger partial charge < -0.3 is 9.64 Å². The molecule has 2 aliphatic rings. The maximum absolute atomic E-state index is 11.1. The molecule has 2 heterocycles. The van der Waals surface area contributed by atoms with E-state index in [4.69, 9.17) is 4.74 Å². The molecule has 1 unspecified atom stereocenters. The Morgan fingerprint density at radius 2 is 2.36 bits per heavy atom. The average Bonchev–Trinajstić information content (AvgIpc) is 1.82. The predicted octanol–water partition coefficient (Wildman–Crippen LogP) is 0.744. The lowest BCUT2D eigenvalue weighted by atomic mass is 9.93. The lowest BCUT2D eigenvalue weighted by Crippen LogP contribution is -2.66. The van der Waals surface area contributed by atoms with Crippen molar-refractivity contribution >= 4 is 5.91 Å². The summed E-state index contributed by atoms with van der Waals surface area (Å²) in [5.41, 5.74) is -0.349. The number of carbonyl (C=O) groups excluding carboxylic acids is 1. The maximum Gasteiger partial charge on any atom is 0.227 e. The van der Waals surface area contributed by atoms with E-state index in [-0.39, 0.29) is 11.6 Å². The number of nitrogens with zero attached hydrogens (tertiary/aromatic N) is 1. The van der Waals surface area contributed by atoms with Crippen molar-refractivity contribution in [3.63, 3.8) is 0 Å².